The predicted molar refractivity (Wildman–Crippen MR) is 110 cm³/mol. The van der Waals surface area contributed by atoms with Gasteiger partial charge in [0.25, 0.3) is 0 Å². The maximum absolute atomic E-state index is 12.7. The molecule has 30 heavy (non-hydrogen) atoms. The molecule has 0 bridgehead atoms. The fraction of sp³-hybridized carbons (Fsp3) is 0.0833. The first-order valence-corrected chi connectivity index (χ1v) is 9.16. The molecule has 3 aromatic rings. The lowest BCUT2D eigenvalue weighted by Crippen LogP contribution is -2.09. The van der Waals surface area contributed by atoms with Crippen LogP contribution >= 0.6 is 0 Å². The molecule has 0 fully saturated rings. The molecule has 0 aliphatic carbocycles. The van der Waals surface area contributed by atoms with Gasteiger partial charge in [-0.05, 0) is 42.5 Å². The Hall–Kier alpha value is -4.06. The van der Waals surface area contributed by atoms with E-state index in [9.17, 15) is 9.59 Å². The molecule has 0 unspecified atom stereocenters. The lowest BCUT2D eigenvalue weighted by atomic mass is 10.1. The Kier molecular flexibility index (Phi) is 5.22. The Morgan fingerprint density at radius 2 is 1.67 bits per heavy atom. The molecule has 0 N–H and O–H groups in total. The van der Waals surface area contributed by atoms with E-state index >= 15 is 0 Å². The molecule has 0 saturated heterocycles. The average molecular weight is 402 g/mol. The summed E-state index contributed by atoms with van der Waals surface area (Å²) in [4.78, 5) is 25.2. The smallest absolute Gasteiger partial charge is 0.343 e. The van der Waals surface area contributed by atoms with E-state index in [4.69, 9.17) is 18.9 Å². The number of allylic oxidation sites excluding steroid dienone is 1. The van der Waals surface area contributed by atoms with Gasteiger partial charge in [-0.2, -0.15) is 0 Å². The van der Waals surface area contributed by atoms with Gasteiger partial charge in [0.15, 0.2) is 5.76 Å². The first-order chi connectivity index (χ1) is 14.6. The molecule has 6 nitrogen and oxygen atoms in total. The number of esters is 1. The highest BCUT2D eigenvalue weighted by atomic mass is 16.5. The van der Waals surface area contributed by atoms with Gasteiger partial charge in [-0.25, -0.2) is 4.79 Å². The van der Waals surface area contributed by atoms with Gasteiger partial charge < -0.3 is 18.9 Å². The van der Waals surface area contributed by atoms with Crippen LogP contribution in [0.4, 0.5) is 0 Å². The fourth-order valence-corrected chi connectivity index (χ4v) is 3.04. The highest BCUT2D eigenvalue weighted by molar-refractivity contribution is 6.14. The van der Waals surface area contributed by atoms with Crippen LogP contribution in [-0.4, -0.2) is 26.0 Å². The number of hydrogen-bond donors (Lipinski definition) is 0. The van der Waals surface area contributed by atoms with E-state index in [1.165, 1.54) is 7.11 Å². The minimum absolute atomic E-state index is 0.142. The zero-order valence-electron chi connectivity index (χ0n) is 16.4. The zero-order chi connectivity index (χ0) is 21.1. The molecule has 1 aliphatic heterocycles. The molecule has 0 radical (unpaired) electrons. The molecule has 150 valence electrons. The summed E-state index contributed by atoms with van der Waals surface area (Å²) < 4.78 is 21.6. The number of methoxy groups -OCH3 is 2. The summed E-state index contributed by atoms with van der Waals surface area (Å²) in [6, 6.07) is 18.6. The van der Waals surface area contributed by atoms with Gasteiger partial charge in [0, 0.05) is 11.6 Å². The normalized spacial score (nSPS) is 13.5. The van der Waals surface area contributed by atoms with Gasteiger partial charge in [-0.3, -0.25) is 4.79 Å². The van der Waals surface area contributed by atoms with Crippen molar-refractivity contribution in [3.05, 3.63) is 89.2 Å². The Labute approximate surface area is 173 Å². The van der Waals surface area contributed by atoms with E-state index in [1.54, 1.807) is 79.9 Å². The third-order valence-electron chi connectivity index (χ3n) is 4.59. The number of rotatable bonds is 5. The van der Waals surface area contributed by atoms with Crippen molar-refractivity contribution in [1.29, 1.82) is 0 Å². The van der Waals surface area contributed by atoms with E-state index in [0.29, 0.717) is 39.7 Å². The van der Waals surface area contributed by atoms with Crippen LogP contribution in [-0.2, 0) is 0 Å². The Bertz CT molecular complexity index is 1160. The van der Waals surface area contributed by atoms with Crippen molar-refractivity contribution in [2.45, 2.75) is 0 Å². The van der Waals surface area contributed by atoms with Crippen molar-refractivity contribution in [3.8, 4) is 23.0 Å². The van der Waals surface area contributed by atoms with Crippen molar-refractivity contribution in [1.82, 2.24) is 0 Å². The third kappa shape index (κ3) is 3.75. The average Bonchev–Trinajstić information content (AvgIpc) is 3.09. The standard InChI is InChI=1S/C24H18O6/c1-27-17-8-5-7-16(12-17)24(26)30-20-9-4-3-6-15(20)13-22-23(25)19-11-10-18(28-2)14-21(19)29-22/h3-14H,1-2H3/b22-13-. The molecule has 0 atom stereocenters. The minimum atomic E-state index is -0.536. The van der Waals surface area contributed by atoms with Crippen molar-refractivity contribution >= 4 is 17.8 Å². The van der Waals surface area contributed by atoms with E-state index < -0.39 is 5.97 Å². The number of fused-ring (bicyclic) bond motifs is 1. The van der Waals surface area contributed by atoms with Crippen molar-refractivity contribution < 1.29 is 28.5 Å². The molecule has 0 spiro atoms. The number of ketones is 1. The molecule has 0 aromatic heterocycles. The molecule has 4 rings (SSSR count). The molecule has 1 heterocycles. The van der Waals surface area contributed by atoms with Crippen molar-refractivity contribution in [2.24, 2.45) is 0 Å². The number of hydrogen-bond acceptors (Lipinski definition) is 6. The summed E-state index contributed by atoms with van der Waals surface area (Å²) >= 11 is 0. The first-order valence-electron chi connectivity index (χ1n) is 9.16. The second-order valence-electron chi connectivity index (χ2n) is 6.46. The van der Waals surface area contributed by atoms with Crippen LogP contribution in [0.1, 0.15) is 26.3 Å². The minimum Gasteiger partial charge on any atom is -0.497 e. The Balaban J connectivity index is 1.61. The summed E-state index contributed by atoms with van der Waals surface area (Å²) in [6.45, 7) is 0. The van der Waals surface area contributed by atoms with Crippen LogP contribution in [0.5, 0.6) is 23.0 Å². The maximum atomic E-state index is 12.7. The van der Waals surface area contributed by atoms with Crippen LogP contribution in [0.2, 0.25) is 0 Å². The third-order valence-corrected chi connectivity index (χ3v) is 4.59. The number of Topliss-reactive ketones (excluding diaryl/α,β-unsaturated/α-hetero) is 1. The highest BCUT2D eigenvalue weighted by Crippen LogP contribution is 2.35. The predicted octanol–water partition coefficient (Wildman–Crippen LogP) is 4.54. The summed E-state index contributed by atoms with van der Waals surface area (Å²) in [5.74, 6) is 1.24. The summed E-state index contributed by atoms with van der Waals surface area (Å²) in [5.41, 5.74) is 1.34. The largest absolute Gasteiger partial charge is 0.497 e. The molecular weight excluding hydrogens is 384 g/mol. The van der Waals surface area contributed by atoms with E-state index in [-0.39, 0.29) is 11.5 Å². The van der Waals surface area contributed by atoms with Gasteiger partial charge in [0.1, 0.15) is 23.0 Å². The maximum Gasteiger partial charge on any atom is 0.343 e. The van der Waals surface area contributed by atoms with Crippen LogP contribution in [0.15, 0.2) is 72.5 Å². The van der Waals surface area contributed by atoms with Gasteiger partial charge in [-0.1, -0.05) is 24.3 Å². The Morgan fingerprint density at radius 1 is 0.900 bits per heavy atom. The fourth-order valence-electron chi connectivity index (χ4n) is 3.04. The monoisotopic (exact) mass is 402 g/mol. The zero-order valence-corrected chi connectivity index (χ0v) is 16.4. The number of carbonyl (C=O) groups excluding carboxylic acids is 2. The van der Waals surface area contributed by atoms with Crippen molar-refractivity contribution in [3.63, 3.8) is 0 Å². The van der Waals surface area contributed by atoms with Crippen LogP contribution in [0.3, 0.4) is 0 Å². The summed E-state index contributed by atoms with van der Waals surface area (Å²) in [6.07, 6.45) is 1.56. The van der Waals surface area contributed by atoms with Gasteiger partial charge in [0.2, 0.25) is 5.78 Å². The number of para-hydroxylation sites is 1. The second-order valence-corrected chi connectivity index (χ2v) is 6.46. The molecular formula is C24H18O6. The summed E-state index contributed by atoms with van der Waals surface area (Å²) in [5, 5.41) is 0. The van der Waals surface area contributed by atoms with E-state index in [2.05, 4.69) is 0 Å². The molecule has 0 saturated carbocycles. The molecule has 6 heteroatoms. The first kappa shape index (κ1) is 19.3. The van der Waals surface area contributed by atoms with E-state index in [0.717, 1.165) is 0 Å². The number of carbonyl (C=O) groups is 2. The highest BCUT2D eigenvalue weighted by Gasteiger charge is 2.28. The van der Waals surface area contributed by atoms with Crippen LogP contribution < -0.4 is 18.9 Å². The quantitative estimate of drug-likeness (QED) is 0.355. The molecule has 0 amide bonds. The van der Waals surface area contributed by atoms with Gasteiger partial charge >= 0.3 is 5.97 Å². The number of ether oxygens (including phenoxy) is 4. The van der Waals surface area contributed by atoms with E-state index in [1.807, 2.05) is 0 Å². The molecule has 1 aliphatic rings. The number of benzene rings is 3. The van der Waals surface area contributed by atoms with Gasteiger partial charge in [0.05, 0.1) is 25.3 Å². The van der Waals surface area contributed by atoms with Gasteiger partial charge in [-0.15, -0.1) is 0 Å². The van der Waals surface area contributed by atoms with Crippen molar-refractivity contribution in [2.75, 3.05) is 14.2 Å². The molecule has 3 aromatic carbocycles. The lowest BCUT2D eigenvalue weighted by Gasteiger charge is -2.09. The topological polar surface area (TPSA) is 71.1 Å². The van der Waals surface area contributed by atoms with Crippen LogP contribution in [0, 0.1) is 0 Å². The lowest BCUT2D eigenvalue weighted by molar-refractivity contribution is 0.0734. The van der Waals surface area contributed by atoms with Crippen LogP contribution in [0.25, 0.3) is 6.08 Å². The Morgan fingerprint density at radius 3 is 2.47 bits per heavy atom. The second kappa shape index (κ2) is 8.13. The SMILES string of the molecule is COc1cccc(C(=O)Oc2ccccc2/C=C2\Oc3cc(OC)ccc3C2=O)c1. The summed E-state index contributed by atoms with van der Waals surface area (Å²) in [7, 11) is 3.07.